The minimum Gasteiger partial charge on any atom is -0.344 e. The molecular formula is C19H23N3OS. The number of carbonyl (C=O) groups excluding carboxylic acids is 1. The summed E-state index contributed by atoms with van der Waals surface area (Å²) < 4.78 is 2.25. The lowest BCUT2D eigenvalue weighted by molar-refractivity contribution is -0.122. The normalized spacial score (nSPS) is 18.7. The van der Waals surface area contributed by atoms with Crippen LogP contribution in [0.15, 0.2) is 40.4 Å². The molecule has 0 bridgehead atoms. The van der Waals surface area contributed by atoms with E-state index in [2.05, 4.69) is 47.8 Å². The highest BCUT2D eigenvalue weighted by Crippen LogP contribution is 2.34. The SMILES string of the molecule is CCN=C1S/C(=C/c2cn(C(C)C)c3ccccc23)C(=O)N1CC. The quantitative estimate of drug-likeness (QED) is 0.766. The van der Waals surface area contributed by atoms with Crippen molar-refractivity contribution < 1.29 is 4.79 Å². The van der Waals surface area contributed by atoms with E-state index in [1.165, 1.54) is 22.7 Å². The number of amides is 1. The predicted octanol–water partition coefficient (Wildman–Crippen LogP) is 4.53. The molecule has 2 aromatic rings. The molecule has 0 atom stereocenters. The summed E-state index contributed by atoms with van der Waals surface area (Å²) in [5.74, 6) is 0.0519. The highest BCUT2D eigenvalue weighted by Gasteiger charge is 2.32. The molecule has 1 saturated heterocycles. The zero-order valence-corrected chi connectivity index (χ0v) is 15.4. The second-order valence-corrected chi connectivity index (χ2v) is 7.03. The number of fused-ring (bicyclic) bond motifs is 1. The summed E-state index contributed by atoms with van der Waals surface area (Å²) in [6.07, 6.45) is 4.15. The van der Waals surface area contributed by atoms with E-state index in [0.717, 1.165) is 15.6 Å². The van der Waals surface area contributed by atoms with Crippen molar-refractivity contribution in [3.63, 3.8) is 0 Å². The Labute approximate surface area is 147 Å². The fourth-order valence-corrected chi connectivity index (χ4v) is 4.05. The predicted molar refractivity (Wildman–Crippen MR) is 103 cm³/mol. The minimum atomic E-state index is 0.0519. The van der Waals surface area contributed by atoms with Crippen LogP contribution < -0.4 is 0 Å². The summed E-state index contributed by atoms with van der Waals surface area (Å²) in [6.45, 7) is 9.65. The van der Waals surface area contributed by atoms with Crippen molar-refractivity contribution >= 4 is 39.8 Å². The molecule has 4 nitrogen and oxygen atoms in total. The second kappa shape index (κ2) is 6.85. The first-order chi connectivity index (χ1) is 11.6. The van der Waals surface area contributed by atoms with Gasteiger partial charge in [0.15, 0.2) is 5.17 Å². The van der Waals surface area contributed by atoms with Gasteiger partial charge in [-0.3, -0.25) is 14.7 Å². The van der Waals surface area contributed by atoms with Crippen LogP contribution in [0.3, 0.4) is 0 Å². The molecule has 5 heteroatoms. The summed E-state index contributed by atoms with van der Waals surface area (Å²) in [5.41, 5.74) is 2.29. The molecule has 0 aliphatic carbocycles. The van der Waals surface area contributed by atoms with Crippen molar-refractivity contribution in [2.24, 2.45) is 4.99 Å². The van der Waals surface area contributed by atoms with Crippen LogP contribution in [0, 0.1) is 0 Å². The molecule has 0 saturated carbocycles. The summed E-state index contributed by atoms with van der Waals surface area (Å²) in [6, 6.07) is 8.71. The third kappa shape index (κ3) is 2.88. The standard InChI is InChI=1S/C19H23N3OS/c1-5-20-19-21(6-2)18(23)17(24-19)11-14-12-22(13(3)4)16-10-8-7-9-15(14)16/h7-13H,5-6H2,1-4H3/b17-11+,20-19?. The van der Waals surface area contributed by atoms with Gasteiger partial charge in [-0.2, -0.15) is 0 Å². The van der Waals surface area contributed by atoms with Gasteiger partial charge in [0.2, 0.25) is 0 Å². The molecule has 3 rings (SSSR count). The Kier molecular flexibility index (Phi) is 4.81. The monoisotopic (exact) mass is 341 g/mol. The van der Waals surface area contributed by atoms with E-state index in [-0.39, 0.29) is 5.91 Å². The summed E-state index contributed by atoms with van der Waals surface area (Å²) in [4.78, 5) is 19.6. The average Bonchev–Trinajstić information content (AvgIpc) is 3.07. The number of amidine groups is 1. The van der Waals surface area contributed by atoms with Crippen LogP contribution in [-0.2, 0) is 4.79 Å². The van der Waals surface area contributed by atoms with E-state index in [4.69, 9.17) is 0 Å². The highest BCUT2D eigenvalue weighted by atomic mass is 32.2. The van der Waals surface area contributed by atoms with E-state index in [0.29, 0.717) is 19.1 Å². The zero-order valence-electron chi connectivity index (χ0n) is 14.6. The van der Waals surface area contributed by atoms with E-state index in [1.807, 2.05) is 26.0 Å². The van der Waals surface area contributed by atoms with E-state index in [1.54, 1.807) is 4.90 Å². The summed E-state index contributed by atoms with van der Waals surface area (Å²) in [5, 5.41) is 1.99. The van der Waals surface area contributed by atoms with Crippen LogP contribution in [0.25, 0.3) is 17.0 Å². The highest BCUT2D eigenvalue weighted by molar-refractivity contribution is 8.18. The van der Waals surface area contributed by atoms with Crippen LogP contribution in [0.2, 0.25) is 0 Å². The summed E-state index contributed by atoms with van der Waals surface area (Å²) >= 11 is 1.48. The molecule has 1 aromatic carbocycles. The maximum atomic E-state index is 12.7. The van der Waals surface area contributed by atoms with Crippen LogP contribution in [0.5, 0.6) is 0 Å². The second-order valence-electron chi connectivity index (χ2n) is 6.02. The van der Waals surface area contributed by atoms with Crippen molar-refractivity contribution in [2.45, 2.75) is 33.7 Å². The lowest BCUT2D eigenvalue weighted by atomic mass is 10.1. The van der Waals surface area contributed by atoms with Gasteiger partial charge in [0, 0.05) is 41.8 Å². The number of hydrogen-bond acceptors (Lipinski definition) is 3. The Morgan fingerprint density at radius 3 is 2.67 bits per heavy atom. The molecule has 0 unspecified atom stereocenters. The van der Waals surface area contributed by atoms with Crippen LogP contribution >= 0.6 is 11.8 Å². The third-order valence-electron chi connectivity index (χ3n) is 4.11. The van der Waals surface area contributed by atoms with Crippen LogP contribution in [0.4, 0.5) is 0 Å². The number of aliphatic imine (C=N–C) groups is 1. The first-order valence-electron chi connectivity index (χ1n) is 8.42. The molecule has 1 aliphatic rings. The van der Waals surface area contributed by atoms with Crippen molar-refractivity contribution in [1.82, 2.24) is 9.47 Å². The number of nitrogens with zero attached hydrogens (tertiary/aromatic N) is 3. The van der Waals surface area contributed by atoms with Crippen molar-refractivity contribution in [1.29, 1.82) is 0 Å². The van der Waals surface area contributed by atoms with Crippen LogP contribution in [-0.4, -0.2) is 33.6 Å². The lowest BCUT2D eigenvalue weighted by Gasteiger charge is -2.11. The number of aromatic nitrogens is 1. The van der Waals surface area contributed by atoms with E-state index >= 15 is 0 Å². The van der Waals surface area contributed by atoms with Gasteiger partial charge in [0.05, 0.1) is 4.91 Å². The minimum absolute atomic E-state index is 0.0519. The molecule has 2 heterocycles. The maximum Gasteiger partial charge on any atom is 0.266 e. The number of benzene rings is 1. The van der Waals surface area contributed by atoms with Gasteiger partial charge in [-0.1, -0.05) is 18.2 Å². The number of likely N-dealkylation sites (N-methyl/N-ethyl adjacent to an activating group) is 1. The fraction of sp³-hybridized carbons (Fsp3) is 0.368. The molecule has 0 spiro atoms. The molecular weight excluding hydrogens is 318 g/mol. The van der Waals surface area contributed by atoms with Gasteiger partial charge in [-0.25, -0.2) is 0 Å². The molecule has 24 heavy (non-hydrogen) atoms. The molecule has 1 fully saturated rings. The molecule has 1 amide bonds. The Morgan fingerprint density at radius 1 is 1.25 bits per heavy atom. The summed E-state index contributed by atoms with van der Waals surface area (Å²) in [7, 11) is 0. The lowest BCUT2D eigenvalue weighted by Crippen LogP contribution is -2.28. The fourth-order valence-electron chi connectivity index (χ4n) is 2.96. The largest absolute Gasteiger partial charge is 0.344 e. The first kappa shape index (κ1) is 16.8. The van der Waals surface area contributed by atoms with Crippen molar-refractivity contribution in [2.75, 3.05) is 13.1 Å². The number of carbonyl (C=O) groups is 1. The number of rotatable bonds is 4. The smallest absolute Gasteiger partial charge is 0.266 e. The first-order valence-corrected chi connectivity index (χ1v) is 9.23. The number of para-hydroxylation sites is 1. The van der Waals surface area contributed by atoms with Gasteiger partial charge < -0.3 is 4.57 Å². The maximum absolute atomic E-state index is 12.7. The van der Waals surface area contributed by atoms with E-state index in [9.17, 15) is 4.79 Å². The Morgan fingerprint density at radius 2 is 2.00 bits per heavy atom. The average molecular weight is 341 g/mol. The van der Waals surface area contributed by atoms with Gasteiger partial charge >= 0.3 is 0 Å². The van der Waals surface area contributed by atoms with Gasteiger partial charge in [-0.15, -0.1) is 0 Å². The molecule has 0 N–H and O–H groups in total. The Balaban J connectivity index is 2.08. The Hall–Kier alpha value is -2.01. The van der Waals surface area contributed by atoms with E-state index < -0.39 is 0 Å². The molecule has 1 aromatic heterocycles. The van der Waals surface area contributed by atoms with Crippen LogP contribution in [0.1, 0.15) is 39.3 Å². The third-order valence-corrected chi connectivity index (χ3v) is 5.16. The Bertz CT molecular complexity index is 832. The van der Waals surface area contributed by atoms with Crippen molar-refractivity contribution in [3.8, 4) is 0 Å². The van der Waals surface area contributed by atoms with Gasteiger partial charge in [0.25, 0.3) is 5.91 Å². The number of hydrogen-bond donors (Lipinski definition) is 0. The van der Waals surface area contributed by atoms with Gasteiger partial charge in [0.1, 0.15) is 0 Å². The zero-order chi connectivity index (χ0) is 17.3. The molecule has 126 valence electrons. The number of thioether (sulfide) groups is 1. The molecule has 1 aliphatic heterocycles. The van der Waals surface area contributed by atoms with Crippen molar-refractivity contribution in [3.05, 3.63) is 40.9 Å². The molecule has 0 radical (unpaired) electrons. The van der Waals surface area contributed by atoms with Gasteiger partial charge in [-0.05, 0) is 51.6 Å². The topological polar surface area (TPSA) is 37.6 Å².